The van der Waals surface area contributed by atoms with Crippen molar-refractivity contribution in [2.45, 2.75) is 6.54 Å². The number of fused-ring (bicyclic) bond motifs is 1. The van der Waals surface area contributed by atoms with Crippen LogP contribution in [-0.2, 0) is 11.3 Å². The normalized spacial score (nSPS) is 12.3. The van der Waals surface area contributed by atoms with Gasteiger partial charge in [-0.25, -0.2) is 4.98 Å². The molecule has 0 saturated heterocycles. The summed E-state index contributed by atoms with van der Waals surface area (Å²) in [5.74, 6) is 0.106. The second-order valence-electron chi connectivity index (χ2n) is 5.67. The molecular formula is C18H20N3OS+. The smallest absolute Gasteiger partial charge is 0.281 e. The van der Waals surface area contributed by atoms with E-state index in [-0.39, 0.29) is 5.91 Å². The fourth-order valence-electron chi connectivity index (χ4n) is 2.49. The summed E-state index contributed by atoms with van der Waals surface area (Å²) in [5, 5.41) is 1.07. The predicted molar refractivity (Wildman–Crippen MR) is 94.9 cm³/mol. The molecule has 1 heterocycles. The lowest BCUT2D eigenvalue weighted by atomic mass is 10.3. The Bertz CT molecular complexity index is 767. The van der Waals surface area contributed by atoms with Crippen LogP contribution < -0.4 is 9.80 Å². The number of nitrogens with one attached hydrogen (secondary N) is 1. The molecule has 0 aliphatic heterocycles. The molecule has 0 bridgehead atoms. The molecule has 5 heteroatoms. The van der Waals surface area contributed by atoms with Gasteiger partial charge in [0.15, 0.2) is 6.54 Å². The summed E-state index contributed by atoms with van der Waals surface area (Å²) in [6.07, 6.45) is 0. The van der Waals surface area contributed by atoms with Crippen LogP contribution in [0.15, 0.2) is 54.6 Å². The molecule has 118 valence electrons. The van der Waals surface area contributed by atoms with Gasteiger partial charge in [0.05, 0.1) is 17.3 Å². The van der Waals surface area contributed by atoms with Crippen LogP contribution in [0, 0.1) is 0 Å². The zero-order chi connectivity index (χ0) is 16.2. The molecule has 0 saturated carbocycles. The van der Waals surface area contributed by atoms with Crippen molar-refractivity contribution in [1.82, 2.24) is 4.98 Å². The van der Waals surface area contributed by atoms with Crippen LogP contribution >= 0.6 is 11.3 Å². The summed E-state index contributed by atoms with van der Waals surface area (Å²) in [7, 11) is 3.85. The summed E-state index contributed by atoms with van der Waals surface area (Å²) in [6.45, 7) is 1.20. The van der Waals surface area contributed by atoms with Gasteiger partial charge in [-0.05, 0) is 24.3 Å². The number of benzene rings is 2. The maximum Gasteiger partial charge on any atom is 0.281 e. The number of quaternary nitrogens is 1. The van der Waals surface area contributed by atoms with Crippen molar-refractivity contribution in [2.24, 2.45) is 0 Å². The monoisotopic (exact) mass is 326 g/mol. The van der Waals surface area contributed by atoms with Crippen LogP contribution in [0.5, 0.6) is 0 Å². The molecule has 2 aromatic carbocycles. The molecule has 0 aliphatic rings. The molecule has 1 unspecified atom stereocenters. The van der Waals surface area contributed by atoms with E-state index in [1.165, 1.54) is 4.70 Å². The molecule has 1 amide bonds. The third-order valence-electron chi connectivity index (χ3n) is 3.76. The number of anilines is 1. The van der Waals surface area contributed by atoms with Crippen LogP contribution in [0.3, 0.4) is 0 Å². The molecule has 0 aliphatic carbocycles. The van der Waals surface area contributed by atoms with Gasteiger partial charge in [-0.15, -0.1) is 11.3 Å². The van der Waals surface area contributed by atoms with Gasteiger partial charge in [0.1, 0.15) is 11.6 Å². The Labute approximate surface area is 140 Å². The first-order valence-electron chi connectivity index (χ1n) is 7.61. The Morgan fingerprint density at radius 2 is 1.83 bits per heavy atom. The lowest BCUT2D eigenvalue weighted by Gasteiger charge is -2.19. The number of carbonyl (C=O) groups is 1. The molecule has 3 rings (SSSR count). The second kappa shape index (κ2) is 6.89. The average molecular weight is 326 g/mol. The van der Waals surface area contributed by atoms with Crippen molar-refractivity contribution < 1.29 is 9.69 Å². The maximum absolute atomic E-state index is 12.4. The Balaban J connectivity index is 1.62. The number of hydrogen-bond donors (Lipinski definition) is 1. The third kappa shape index (κ3) is 3.75. The first-order chi connectivity index (χ1) is 11.1. The van der Waals surface area contributed by atoms with E-state index in [1.54, 1.807) is 16.2 Å². The van der Waals surface area contributed by atoms with Gasteiger partial charge >= 0.3 is 0 Å². The van der Waals surface area contributed by atoms with Crippen molar-refractivity contribution in [2.75, 3.05) is 25.5 Å². The minimum Gasteiger partial charge on any atom is -0.324 e. The van der Waals surface area contributed by atoms with Gasteiger partial charge in [-0.1, -0.05) is 30.3 Å². The molecule has 1 aromatic heterocycles. The third-order valence-corrected chi connectivity index (χ3v) is 4.80. The molecule has 23 heavy (non-hydrogen) atoms. The quantitative estimate of drug-likeness (QED) is 0.778. The van der Waals surface area contributed by atoms with E-state index < -0.39 is 0 Å². The molecular weight excluding hydrogens is 306 g/mol. The summed E-state index contributed by atoms with van der Waals surface area (Å²) in [4.78, 5) is 19.9. The summed E-state index contributed by atoms with van der Waals surface area (Å²) < 4.78 is 1.20. The highest BCUT2D eigenvalue weighted by molar-refractivity contribution is 7.18. The highest BCUT2D eigenvalue weighted by Crippen LogP contribution is 2.20. The topological polar surface area (TPSA) is 37.6 Å². The minimum atomic E-state index is 0.106. The van der Waals surface area contributed by atoms with Crippen molar-refractivity contribution in [3.63, 3.8) is 0 Å². The van der Waals surface area contributed by atoms with E-state index in [0.29, 0.717) is 6.54 Å². The Hall–Kier alpha value is -2.24. The fraction of sp³-hybridized carbons (Fsp3) is 0.222. The van der Waals surface area contributed by atoms with Crippen LogP contribution in [0.4, 0.5) is 5.69 Å². The first kappa shape index (κ1) is 15.6. The van der Waals surface area contributed by atoms with Gasteiger partial charge in [0.25, 0.3) is 5.91 Å². The van der Waals surface area contributed by atoms with Gasteiger partial charge < -0.3 is 9.80 Å². The number of amides is 1. The highest BCUT2D eigenvalue weighted by atomic mass is 32.1. The lowest BCUT2D eigenvalue weighted by Crippen LogP contribution is -3.08. The van der Waals surface area contributed by atoms with Gasteiger partial charge in [0, 0.05) is 12.7 Å². The van der Waals surface area contributed by atoms with E-state index in [2.05, 4.69) is 11.1 Å². The van der Waals surface area contributed by atoms with Crippen LogP contribution in [-0.4, -0.2) is 31.5 Å². The number of rotatable bonds is 5. The first-order valence-corrected chi connectivity index (χ1v) is 8.42. The standard InChI is InChI=1S/C18H19N3OS/c1-20(12-17-19-15-10-6-7-11-16(15)23-17)13-18(22)21(2)14-8-4-3-5-9-14/h3-11H,12-13H2,1-2H3/p+1. The van der Waals surface area contributed by atoms with Crippen LogP contribution in [0.2, 0.25) is 0 Å². The SMILES string of the molecule is CN(C(=O)C[NH+](C)Cc1nc2ccccc2s1)c1ccccc1. The van der Waals surface area contributed by atoms with Gasteiger partial charge in [-0.2, -0.15) is 0 Å². The van der Waals surface area contributed by atoms with Crippen LogP contribution in [0.1, 0.15) is 5.01 Å². The number of nitrogens with zero attached hydrogens (tertiary/aromatic N) is 2. The number of aromatic nitrogens is 1. The summed E-state index contributed by atoms with van der Waals surface area (Å²) in [5.41, 5.74) is 1.96. The number of para-hydroxylation sites is 2. The molecule has 1 N–H and O–H groups in total. The number of likely N-dealkylation sites (N-methyl/N-ethyl adjacent to an activating group) is 2. The Morgan fingerprint density at radius 3 is 2.57 bits per heavy atom. The van der Waals surface area contributed by atoms with Crippen LogP contribution in [0.25, 0.3) is 10.2 Å². The summed E-state index contributed by atoms with van der Waals surface area (Å²) >= 11 is 1.70. The van der Waals surface area contributed by atoms with E-state index in [9.17, 15) is 4.79 Å². The minimum absolute atomic E-state index is 0.106. The molecule has 0 spiro atoms. The van der Waals surface area contributed by atoms with E-state index in [4.69, 9.17) is 0 Å². The Kier molecular flexibility index (Phi) is 4.69. The lowest BCUT2D eigenvalue weighted by molar-refractivity contribution is -0.885. The van der Waals surface area contributed by atoms with Gasteiger partial charge in [-0.3, -0.25) is 4.79 Å². The average Bonchev–Trinajstić information content (AvgIpc) is 2.96. The number of thiazole rings is 1. The van der Waals surface area contributed by atoms with Crippen molar-refractivity contribution in [3.8, 4) is 0 Å². The van der Waals surface area contributed by atoms with Gasteiger partial charge in [0.2, 0.25) is 0 Å². The Morgan fingerprint density at radius 1 is 1.13 bits per heavy atom. The van der Waals surface area contributed by atoms with Crippen molar-refractivity contribution in [3.05, 3.63) is 59.6 Å². The molecule has 4 nitrogen and oxygen atoms in total. The number of hydrogen-bond acceptors (Lipinski definition) is 3. The second-order valence-corrected chi connectivity index (χ2v) is 6.79. The highest BCUT2D eigenvalue weighted by Gasteiger charge is 2.17. The van der Waals surface area contributed by atoms with Crippen molar-refractivity contribution >= 4 is 33.1 Å². The largest absolute Gasteiger partial charge is 0.324 e. The van der Waals surface area contributed by atoms with E-state index >= 15 is 0 Å². The maximum atomic E-state index is 12.4. The molecule has 3 aromatic rings. The zero-order valence-corrected chi connectivity index (χ0v) is 14.1. The summed E-state index contributed by atoms with van der Waals surface area (Å²) in [6, 6.07) is 17.9. The fourth-order valence-corrected chi connectivity index (χ4v) is 3.57. The molecule has 0 radical (unpaired) electrons. The molecule has 0 fully saturated rings. The van der Waals surface area contributed by atoms with E-state index in [0.717, 1.165) is 27.7 Å². The van der Waals surface area contributed by atoms with Crippen molar-refractivity contribution in [1.29, 1.82) is 0 Å². The van der Waals surface area contributed by atoms with E-state index in [1.807, 2.05) is 62.6 Å². The molecule has 1 atom stereocenters. The predicted octanol–water partition coefficient (Wildman–Crippen LogP) is 1.97. The number of carbonyl (C=O) groups excluding carboxylic acids is 1. The zero-order valence-electron chi connectivity index (χ0n) is 13.3.